The van der Waals surface area contributed by atoms with Gasteiger partial charge in [-0.2, -0.15) is 0 Å². The Labute approximate surface area is 122 Å². The van der Waals surface area contributed by atoms with Gasteiger partial charge in [0.05, 0.1) is 6.54 Å². The van der Waals surface area contributed by atoms with Crippen molar-refractivity contribution in [3.63, 3.8) is 0 Å². The third kappa shape index (κ3) is 5.33. The van der Waals surface area contributed by atoms with Crippen LogP contribution in [0.1, 0.15) is 45.9 Å². The maximum Gasteiger partial charge on any atom is 0.220 e. The summed E-state index contributed by atoms with van der Waals surface area (Å²) < 4.78 is 1.91. The molecule has 0 bridgehead atoms. The number of nitrogens with two attached hydrogens (primary N) is 1. The average molecular weight is 280 g/mol. The molecule has 1 atom stereocenters. The van der Waals surface area contributed by atoms with Crippen LogP contribution < -0.4 is 11.1 Å². The highest BCUT2D eigenvalue weighted by Crippen LogP contribution is 2.31. The normalized spacial score (nSPS) is 13.2. The summed E-state index contributed by atoms with van der Waals surface area (Å²) in [6, 6.07) is 0. The van der Waals surface area contributed by atoms with Crippen molar-refractivity contribution in [2.75, 3.05) is 6.54 Å². The van der Waals surface area contributed by atoms with Gasteiger partial charge in [0, 0.05) is 25.9 Å². The quantitative estimate of drug-likeness (QED) is 0.800. The number of aromatic nitrogens is 2. The monoisotopic (exact) mass is 280 g/mol. The molecule has 20 heavy (non-hydrogen) atoms. The van der Waals surface area contributed by atoms with E-state index in [1.54, 1.807) is 6.20 Å². The SMILES string of the molecule is Cn1ccnc1CNC(=O)CCC(CCN)C(C)(C)C. The number of hydrogen-bond acceptors (Lipinski definition) is 3. The van der Waals surface area contributed by atoms with Gasteiger partial charge < -0.3 is 15.6 Å². The first-order valence-corrected chi connectivity index (χ1v) is 7.27. The second-order valence-electron chi connectivity index (χ2n) is 6.41. The standard InChI is InChI=1S/C15H28N4O/c1-15(2,3)12(7-8-16)5-6-14(20)18-11-13-17-9-10-19(13)4/h9-10,12H,5-8,11,16H2,1-4H3,(H,18,20). The average Bonchev–Trinajstić information content (AvgIpc) is 2.76. The molecule has 5 nitrogen and oxygen atoms in total. The van der Waals surface area contributed by atoms with Gasteiger partial charge >= 0.3 is 0 Å². The number of nitrogens with zero attached hydrogens (tertiary/aromatic N) is 2. The number of rotatable bonds is 7. The van der Waals surface area contributed by atoms with Crippen LogP contribution in [0, 0.1) is 11.3 Å². The third-order valence-corrected chi connectivity index (χ3v) is 3.82. The number of hydrogen-bond donors (Lipinski definition) is 2. The Hall–Kier alpha value is -1.36. The van der Waals surface area contributed by atoms with Crippen LogP contribution in [0.15, 0.2) is 12.4 Å². The Balaban J connectivity index is 2.36. The smallest absolute Gasteiger partial charge is 0.220 e. The van der Waals surface area contributed by atoms with E-state index < -0.39 is 0 Å². The maximum atomic E-state index is 11.9. The van der Waals surface area contributed by atoms with Gasteiger partial charge in [-0.25, -0.2) is 4.98 Å². The van der Waals surface area contributed by atoms with Crippen molar-refractivity contribution in [1.29, 1.82) is 0 Å². The fraction of sp³-hybridized carbons (Fsp3) is 0.733. The zero-order valence-electron chi connectivity index (χ0n) is 13.1. The molecule has 0 fully saturated rings. The molecule has 0 aliphatic rings. The molecule has 5 heteroatoms. The van der Waals surface area contributed by atoms with Gasteiger partial charge in [-0.1, -0.05) is 20.8 Å². The van der Waals surface area contributed by atoms with Crippen LogP contribution in [-0.2, 0) is 18.4 Å². The predicted molar refractivity (Wildman–Crippen MR) is 80.9 cm³/mol. The highest BCUT2D eigenvalue weighted by atomic mass is 16.1. The first-order chi connectivity index (χ1) is 9.34. The number of imidazole rings is 1. The van der Waals surface area contributed by atoms with Crippen LogP contribution in [-0.4, -0.2) is 22.0 Å². The van der Waals surface area contributed by atoms with Crippen molar-refractivity contribution in [2.24, 2.45) is 24.1 Å². The van der Waals surface area contributed by atoms with Crippen molar-refractivity contribution in [2.45, 2.75) is 46.6 Å². The van der Waals surface area contributed by atoms with Crippen LogP contribution in [0.4, 0.5) is 0 Å². The van der Waals surface area contributed by atoms with Gasteiger partial charge in [-0.15, -0.1) is 0 Å². The van der Waals surface area contributed by atoms with E-state index in [2.05, 4.69) is 31.1 Å². The maximum absolute atomic E-state index is 11.9. The van der Waals surface area contributed by atoms with E-state index in [9.17, 15) is 4.79 Å². The molecule has 1 heterocycles. The van der Waals surface area contributed by atoms with E-state index in [-0.39, 0.29) is 11.3 Å². The minimum absolute atomic E-state index is 0.0827. The lowest BCUT2D eigenvalue weighted by atomic mass is 9.76. The minimum atomic E-state index is 0.0827. The lowest BCUT2D eigenvalue weighted by Crippen LogP contribution is -2.28. The molecule has 1 unspecified atom stereocenters. The van der Waals surface area contributed by atoms with Crippen molar-refractivity contribution < 1.29 is 4.79 Å². The van der Waals surface area contributed by atoms with Crippen LogP contribution in [0.2, 0.25) is 0 Å². The zero-order chi connectivity index (χ0) is 15.2. The minimum Gasteiger partial charge on any atom is -0.349 e. The van der Waals surface area contributed by atoms with Crippen LogP contribution in [0.25, 0.3) is 0 Å². The molecule has 0 aliphatic heterocycles. The molecule has 0 radical (unpaired) electrons. The third-order valence-electron chi connectivity index (χ3n) is 3.82. The molecule has 0 aromatic carbocycles. The molecule has 1 amide bonds. The number of nitrogens with one attached hydrogen (secondary N) is 1. The molecule has 114 valence electrons. The summed E-state index contributed by atoms with van der Waals surface area (Å²) in [4.78, 5) is 16.1. The van der Waals surface area contributed by atoms with Crippen molar-refractivity contribution in [3.05, 3.63) is 18.2 Å². The Morgan fingerprint density at radius 3 is 2.65 bits per heavy atom. The highest BCUT2D eigenvalue weighted by Gasteiger charge is 2.24. The first kappa shape index (κ1) is 16.7. The highest BCUT2D eigenvalue weighted by molar-refractivity contribution is 5.75. The Bertz CT molecular complexity index is 420. The number of carbonyl (C=O) groups is 1. The zero-order valence-corrected chi connectivity index (χ0v) is 13.1. The van der Waals surface area contributed by atoms with Crippen LogP contribution in [0.3, 0.4) is 0 Å². The lowest BCUT2D eigenvalue weighted by molar-refractivity contribution is -0.121. The summed E-state index contributed by atoms with van der Waals surface area (Å²) in [5.74, 6) is 1.43. The van der Waals surface area contributed by atoms with E-state index in [0.717, 1.165) is 18.7 Å². The van der Waals surface area contributed by atoms with Gasteiger partial charge in [-0.3, -0.25) is 4.79 Å². The molecule has 0 aliphatic carbocycles. The van der Waals surface area contributed by atoms with Gasteiger partial charge in [0.25, 0.3) is 0 Å². The number of amides is 1. The molecule has 1 aromatic rings. The second kappa shape index (κ2) is 7.43. The molecule has 0 saturated carbocycles. The van der Waals surface area contributed by atoms with Crippen LogP contribution in [0.5, 0.6) is 0 Å². The summed E-state index contributed by atoms with van der Waals surface area (Å²) in [7, 11) is 1.92. The first-order valence-electron chi connectivity index (χ1n) is 7.27. The number of carbonyl (C=O) groups excluding carboxylic acids is 1. The van der Waals surface area contributed by atoms with Gasteiger partial charge in [0.1, 0.15) is 5.82 Å². The largest absolute Gasteiger partial charge is 0.349 e. The van der Waals surface area contributed by atoms with E-state index in [1.807, 2.05) is 17.8 Å². The summed E-state index contributed by atoms with van der Waals surface area (Å²) in [5.41, 5.74) is 5.85. The van der Waals surface area contributed by atoms with Crippen LogP contribution >= 0.6 is 0 Å². The van der Waals surface area contributed by atoms with Gasteiger partial charge in [-0.05, 0) is 30.7 Å². The van der Waals surface area contributed by atoms with E-state index >= 15 is 0 Å². The second-order valence-corrected chi connectivity index (χ2v) is 6.41. The fourth-order valence-corrected chi connectivity index (χ4v) is 2.35. The summed E-state index contributed by atoms with van der Waals surface area (Å²) in [6.45, 7) is 7.79. The molecular weight excluding hydrogens is 252 g/mol. The molecule has 3 N–H and O–H groups in total. The van der Waals surface area contributed by atoms with Crippen molar-refractivity contribution in [3.8, 4) is 0 Å². The topological polar surface area (TPSA) is 72.9 Å². The van der Waals surface area contributed by atoms with Gasteiger partial charge in [0.15, 0.2) is 0 Å². The van der Waals surface area contributed by atoms with Gasteiger partial charge in [0.2, 0.25) is 5.91 Å². The number of aryl methyl sites for hydroxylation is 1. The van der Waals surface area contributed by atoms with E-state index in [0.29, 0.717) is 25.4 Å². The molecule has 0 saturated heterocycles. The summed E-state index contributed by atoms with van der Waals surface area (Å²) in [5, 5.41) is 2.92. The molecular formula is C15H28N4O. The van der Waals surface area contributed by atoms with Crippen molar-refractivity contribution in [1.82, 2.24) is 14.9 Å². The lowest BCUT2D eigenvalue weighted by Gasteiger charge is -2.30. The predicted octanol–water partition coefficient (Wildman–Crippen LogP) is 1.83. The van der Waals surface area contributed by atoms with E-state index in [4.69, 9.17) is 5.73 Å². The fourth-order valence-electron chi connectivity index (χ4n) is 2.35. The van der Waals surface area contributed by atoms with E-state index in [1.165, 1.54) is 0 Å². The molecule has 1 rings (SSSR count). The molecule has 1 aromatic heterocycles. The van der Waals surface area contributed by atoms with Crippen molar-refractivity contribution >= 4 is 5.91 Å². The molecule has 0 spiro atoms. The Morgan fingerprint density at radius 2 is 2.15 bits per heavy atom. The Morgan fingerprint density at radius 1 is 1.45 bits per heavy atom. The summed E-state index contributed by atoms with van der Waals surface area (Å²) >= 11 is 0. The summed E-state index contributed by atoms with van der Waals surface area (Å²) in [6.07, 6.45) is 6.01. The Kier molecular flexibility index (Phi) is 6.20.